The maximum absolute atomic E-state index is 10.6. The Balaban J connectivity index is 1.75. The molecule has 0 fully saturated rings. The first-order valence-electron chi connectivity index (χ1n) is 9.17. The fourth-order valence-corrected chi connectivity index (χ4v) is 2.90. The van der Waals surface area contributed by atoms with Gasteiger partial charge >= 0.3 is 0 Å². The molecule has 4 nitrogen and oxygen atoms in total. The fraction of sp³-hybridized carbons (Fsp3) is 0.125. The van der Waals surface area contributed by atoms with Gasteiger partial charge in [-0.2, -0.15) is 0 Å². The fourth-order valence-electron chi connectivity index (χ4n) is 2.77. The topological polar surface area (TPSA) is 51.0 Å². The van der Waals surface area contributed by atoms with Gasteiger partial charge in [0.15, 0.2) is 0 Å². The van der Waals surface area contributed by atoms with Crippen molar-refractivity contribution in [3.8, 4) is 17.2 Å². The van der Waals surface area contributed by atoms with Crippen LogP contribution in [0.15, 0.2) is 89.6 Å². The second-order valence-corrected chi connectivity index (χ2v) is 6.67. The lowest BCUT2D eigenvalue weighted by Crippen LogP contribution is -2.11. The number of aromatic hydroxyl groups is 1. The average Bonchev–Trinajstić information content (AvgIpc) is 2.75. The average molecular weight is 408 g/mol. The molecule has 0 unspecified atom stereocenters. The maximum atomic E-state index is 10.6. The normalized spacial score (nSPS) is 12.0. The van der Waals surface area contributed by atoms with Gasteiger partial charge in [-0.3, -0.25) is 4.99 Å². The molecule has 0 aromatic heterocycles. The van der Waals surface area contributed by atoms with Crippen molar-refractivity contribution >= 4 is 17.3 Å². The van der Waals surface area contributed by atoms with E-state index in [9.17, 15) is 5.11 Å². The number of nitrogens with zero attached hydrogens (tertiary/aromatic N) is 1. The lowest BCUT2D eigenvalue weighted by molar-refractivity contribution is 0.304. The van der Waals surface area contributed by atoms with Crippen LogP contribution < -0.4 is 9.47 Å². The number of hydrogen-bond donors (Lipinski definition) is 1. The highest BCUT2D eigenvalue weighted by Crippen LogP contribution is 2.28. The van der Waals surface area contributed by atoms with E-state index in [1.807, 2.05) is 67.6 Å². The maximum Gasteiger partial charge on any atom is 0.149 e. The first-order chi connectivity index (χ1) is 14.1. The van der Waals surface area contributed by atoms with Gasteiger partial charge < -0.3 is 14.6 Å². The lowest BCUT2D eigenvalue weighted by atomic mass is 10.1. The number of hydrogen-bond acceptors (Lipinski definition) is 4. The third-order valence-electron chi connectivity index (χ3n) is 4.23. The molecule has 0 aliphatic heterocycles. The van der Waals surface area contributed by atoms with Crippen LogP contribution in [0.1, 0.15) is 18.1 Å². The molecule has 3 aromatic carbocycles. The summed E-state index contributed by atoms with van der Waals surface area (Å²) in [5.41, 5.74) is 2.11. The van der Waals surface area contributed by atoms with Crippen LogP contribution in [0.5, 0.6) is 17.2 Å². The van der Waals surface area contributed by atoms with Crippen LogP contribution in [0.25, 0.3) is 0 Å². The van der Waals surface area contributed by atoms with Crippen molar-refractivity contribution in [1.82, 2.24) is 0 Å². The number of rotatable bonds is 7. The smallest absolute Gasteiger partial charge is 0.149 e. The Bertz CT molecular complexity index is 1010. The minimum Gasteiger partial charge on any atom is -0.507 e. The van der Waals surface area contributed by atoms with E-state index in [0.717, 1.165) is 5.56 Å². The van der Waals surface area contributed by atoms with Crippen molar-refractivity contribution in [2.45, 2.75) is 13.5 Å². The van der Waals surface area contributed by atoms with Gasteiger partial charge in [0.05, 0.1) is 0 Å². The van der Waals surface area contributed by atoms with Crippen LogP contribution in [0.2, 0.25) is 5.02 Å². The Morgan fingerprint density at radius 1 is 1.00 bits per heavy atom. The summed E-state index contributed by atoms with van der Waals surface area (Å²) in [5.74, 6) is 1.88. The predicted octanol–water partition coefficient (Wildman–Crippen LogP) is 6.03. The third-order valence-corrected chi connectivity index (χ3v) is 4.49. The number of halogens is 1. The molecule has 0 saturated heterocycles. The van der Waals surface area contributed by atoms with Crippen molar-refractivity contribution in [3.63, 3.8) is 0 Å². The molecule has 0 heterocycles. The summed E-state index contributed by atoms with van der Waals surface area (Å²) in [6, 6.07) is 22.0. The number of para-hydroxylation sites is 1. The molecule has 5 heteroatoms. The van der Waals surface area contributed by atoms with Gasteiger partial charge in [-0.05, 0) is 55.0 Å². The molecular formula is C24H22ClNO3. The highest BCUT2D eigenvalue weighted by Gasteiger charge is 2.16. The molecule has 3 rings (SSSR count). The zero-order chi connectivity index (χ0) is 20.6. The summed E-state index contributed by atoms with van der Waals surface area (Å²) in [5, 5.41) is 11.3. The van der Waals surface area contributed by atoms with Gasteiger partial charge in [0.2, 0.25) is 0 Å². The Hall–Kier alpha value is -3.24. The minimum atomic E-state index is 0.0650. The van der Waals surface area contributed by atoms with E-state index in [2.05, 4.69) is 4.99 Å². The van der Waals surface area contributed by atoms with E-state index in [1.54, 1.807) is 25.2 Å². The summed E-state index contributed by atoms with van der Waals surface area (Å²) in [6.45, 7) is 2.24. The third kappa shape index (κ3) is 5.39. The molecule has 0 bridgehead atoms. The Kier molecular flexibility index (Phi) is 6.93. The highest BCUT2D eigenvalue weighted by atomic mass is 35.5. The quantitative estimate of drug-likeness (QED) is 0.384. The Labute approximate surface area is 175 Å². The standard InChI is InChI=1S/C24H22ClNO3/c1-3-23(29-19-7-5-4-6-8-19)24(26-2)21-14-13-20(15-22(21)27)28-16-17-9-11-18(25)12-10-17/h3-15,27H,16H2,1-2H3/b23-3-,26-24?. The molecule has 0 radical (unpaired) electrons. The van der Waals surface area contributed by atoms with Crippen molar-refractivity contribution in [3.05, 3.63) is 101 Å². The molecule has 3 aromatic rings. The summed E-state index contributed by atoms with van der Waals surface area (Å²) in [4.78, 5) is 4.33. The predicted molar refractivity (Wildman–Crippen MR) is 117 cm³/mol. The molecule has 1 N–H and O–H groups in total. The van der Waals surface area contributed by atoms with Gasteiger partial charge in [-0.25, -0.2) is 0 Å². The number of aliphatic imine (C=N–C) groups is 1. The summed E-state index contributed by atoms with van der Waals surface area (Å²) >= 11 is 5.90. The number of benzene rings is 3. The van der Waals surface area contributed by atoms with Crippen LogP contribution in [-0.4, -0.2) is 17.9 Å². The second-order valence-electron chi connectivity index (χ2n) is 6.23. The van der Waals surface area contributed by atoms with Crippen LogP contribution in [0, 0.1) is 0 Å². The molecule has 29 heavy (non-hydrogen) atoms. The number of allylic oxidation sites excluding steroid dienone is 2. The summed E-state index contributed by atoms with van der Waals surface area (Å²) < 4.78 is 11.7. The van der Waals surface area contributed by atoms with Crippen molar-refractivity contribution in [1.29, 1.82) is 0 Å². The molecule has 0 spiro atoms. The van der Waals surface area contributed by atoms with Gasteiger partial charge in [-0.1, -0.05) is 41.9 Å². The largest absolute Gasteiger partial charge is 0.507 e. The van der Waals surface area contributed by atoms with Crippen LogP contribution in [-0.2, 0) is 6.61 Å². The molecule has 0 aliphatic carbocycles. The van der Waals surface area contributed by atoms with Gasteiger partial charge in [0, 0.05) is 23.7 Å². The highest BCUT2D eigenvalue weighted by molar-refractivity contribution is 6.30. The number of ether oxygens (including phenoxy) is 2. The Morgan fingerprint density at radius 3 is 2.34 bits per heavy atom. The summed E-state index contributed by atoms with van der Waals surface area (Å²) in [6.07, 6.45) is 1.82. The first-order valence-corrected chi connectivity index (χ1v) is 9.55. The van der Waals surface area contributed by atoms with E-state index < -0.39 is 0 Å². The van der Waals surface area contributed by atoms with Crippen LogP contribution in [0.4, 0.5) is 0 Å². The molecule has 0 atom stereocenters. The van der Waals surface area contributed by atoms with Crippen molar-refractivity contribution < 1.29 is 14.6 Å². The first kappa shape index (κ1) is 20.5. The number of phenolic OH excluding ortho intramolecular Hbond substituents is 1. The second kappa shape index (κ2) is 9.80. The zero-order valence-electron chi connectivity index (χ0n) is 16.3. The van der Waals surface area contributed by atoms with E-state index in [1.165, 1.54) is 0 Å². The minimum absolute atomic E-state index is 0.0650. The monoisotopic (exact) mass is 407 g/mol. The molecule has 0 saturated carbocycles. The van der Waals surface area contributed by atoms with E-state index in [4.69, 9.17) is 21.1 Å². The molecule has 0 aliphatic rings. The van der Waals surface area contributed by atoms with Crippen LogP contribution in [0.3, 0.4) is 0 Å². The number of phenols is 1. The lowest BCUT2D eigenvalue weighted by Gasteiger charge is -2.14. The summed E-state index contributed by atoms with van der Waals surface area (Å²) in [7, 11) is 1.66. The SMILES string of the molecule is C/C=C(\Oc1ccccc1)C(=NC)c1ccc(OCc2ccc(Cl)cc2)cc1O. The van der Waals surface area contributed by atoms with E-state index in [-0.39, 0.29) is 5.75 Å². The van der Waals surface area contributed by atoms with Gasteiger partial charge in [-0.15, -0.1) is 0 Å². The van der Waals surface area contributed by atoms with E-state index >= 15 is 0 Å². The van der Waals surface area contributed by atoms with Crippen molar-refractivity contribution in [2.75, 3.05) is 7.05 Å². The van der Waals surface area contributed by atoms with Gasteiger partial charge in [0.25, 0.3) is 0 Å². The van der Waals surface area contributed by atoms with Crippen molar-refractivity contribution in [2.24, 2.45) is 4.99 Å². The molecular weight excluding hydrogens is 386 g/mol. The molecule has 0 amide bonds. The van der Waals surface area contributed by atoms with Crippen LogP contribution >= 0.6 is 11.6 Å². The van der Waals surface area contributed by atoms with E-state index in [0.29, 0.717) is 40.2 Å². The van der Waals surface area contributed by atoms with Gasteiger partial charge in [0.1, 0.15) is 35.3 Å². The Morgan fingerprint density at radius 2 is 1.72 bits per heavy atom. The zero-order valence-corrected chi connectivity index (χ0v) is 17.1. The molecule has 148 valence electrons.